The largest absolute Gasteiger partial charge is 0.366 e. The van der Waals surface area contributed by atoms with Gasteiger partial charge in [0.1, 0.15) is 11.5 Å². The molecular formula is C20H26N4O. The maximum atomic E-state index is 12.8. The third-order valence-corrected chi connectivity index (χ3v) is 4.66. The quantitative estimate of drug-likeness (QED) is 0.868. The number of hydrogen-bond donors (Lipinski definition) is 1. The molecule has 0 unspecified atom stereocenters. The zero-order chi connectivity index (χ0) is 17.6. The average molecular weight is 338 g/mol. The molecule has 1 amide bonds. The number of hydrogen-bond acceptors (Lipinski definition) is 4. The number of carbonyl (C=O) groups is 1. The Kier molecular flexibility index (Phi) is 5.64. The molecule has 2 aromatic rings. The topological polar surface area (TPSA) is 58.1 Å². The number of amides is 1. The predicted octanol–water partition coefficient (Wildman–Crippen LogP) is 3.88. The normalized spacial score (nSPS) is 14.7. The Morgan fingerprint density at radius 1 is 1.16 bits per heavy atom. The van der Waals surface area contributed by atoms with E-state index in [1.165, 1.54) is 25.7 Å². The van der Waals surface area contributed by atoms with Gasteiger partial charge in [-0.1, -0.05) is 43.2 Å². The van der Waals surface area contributed by atoms with E-state index < -0.39 is 0 Å². The lowest BCUT2D eigenvalue weighted by molar-refractivity contribution is 0.0684. The molecule has 0 aliphatic heterocycles. The van der Waals surface area contributed by atoms with Crippen molar-refractivity contribution >= 4 is 11.7 Å². The number of nitrogens with one attached hydrogen (secondary N) is 1. The fraction of sp³-hybridized carbons (Fsp3) is 0.450. The van der Waals surface area contributed by atoms with Crippen LogP contribution in [0.2, 0.25) is 0 Å². The van der Waals surface area contributed by atoms with Crippen molar-refractivity contribution in [1.82, 2.24) is 14.9 Å². The van der Waals surface area contributed by atoms with Gasteiger partial charge in [0, 0.05) is 18.6 Å². The summed E-state index contributed by atoms with van der Waals surface area (Å²) in [5.41, 5.74) is 1.50. The summed E-state index contributed by atoms with van der Waals surface area (Å²) < 4.78 is 0. The van der Waals surface area contributed by atoms with Gasteiger partial charge < -0.3 is 10.2 Å². The van der Waals surface area contributed by atoms with Crippen molar-refractivity contribution in [1.29, 1.82) is 0 Å². The first-order chi connectivity index (χ1) is 12.1. The Morgan fingerprint density at radius 3 is 2.48 bits per heavy atom. The molecule has 132 valence electrons. The van der Waals surface area contributed by atoms with Gasteiger partial charge in [0.15, 0.2) is 0 Å². The van der Waals surface area contributed by atoms with Crippen LogP contribution in [0, 0.1) is 0 Å². The van der Waals surface area contributed by atoms with Crippen molar-refractivity contribution in [3.05, 3.63) is 54.0 Å². The molecule has 0 spiro atoms. The smallest absolute Gasteiger partial charge is 0.274 e. The lowest BCUT2D eigenvalue weighted by Crippen LogP contribution is -2.37. The summed E-state index contributed by atoms with van der Waals surface area (Å²) in [6.45, 7) is 4.61. The first kappa shape index (κ1) is 17.4. The summed E-state index contributed by atoms with van der Waals surface area (Å²) in [6, 6.07) is 10.6. The molecule has 1 aliphatic carbocycles. The third-order valence-electron chi connectivity index (χ3n) is 4.66. The van der Waals surface area contributed by atoms with Gasteiger partial charge in [-0.05, 0) is 32.3 Å². The minimum Gasteiger partial charge on any atom is -0.366 e. The van der Waals surface area contributed by atoms with E-state index in [-0.39, 0.29) is 11.9 Å². The van der Waals surface area contributed by atoms with Crippen molar-refractivity contribution < 1.29 is 4.79 Å². The molecule has 25 heavy (non-hydrogen) atoms. The maximum Gasteiger partial charge on any atom is 0.274 e. The number of nitrogens with zero attached hydrogens (tertiary/aromatic N) is 3. The zero-order valence-electron chi connectivity index (χ0n) is 15.0. The van der Waals surface area contributed by atoms with Crippen LogP contribution in [-0.4, -0.2) is 32.9 Å². The van der Waals surface area contributed by atoms with E-state index >= 15 is 0 Å². The van der Waals surface area contributed by atoms with Gasteiger partial charge in [-0.25, -0.2) is 9.97 Å². The van der Waals surface area contributed by atoms with Gasteiger partial charge in [0.2, 0.25) is 0 Å². The van der Waals surface area contributed by atoms with Gasteiger partial charge in [0.25, 0.3) is 5.91 Å². The minimum absolute atomic E-state index is 0.0845. The molecule has 0 radical (unpaired) electrons. The molecule has 5 nitrogen and oxygen atoms in total. The van der Waals surface area contributed by atoms with E-state index in [9.17, 15) is 4.79 Å². The van der Waals surface area contributed by atoms with Crippen molar-refractivity contribution in [2.45, 2.75) is 58.2 Å². The second kappa shape index (κ2) is 8.10. The van der Waals surface area contributed by atoms with Crippen LogP contribution in [0.15, 0.2) is 42.7 Å². The first-order valence-electron chi connectivity index (χ1n) is 9.07. The molecule has 1 saturated carbocycles. The molecule has 1 aliphatic rings. The SMILES string of the molecule is CC(C)N(Cc1ccccc1)C(=O)c1cnc(NC2CCCC2)cn1. The Balaban J connectivity index is 1.68. The Labute approximate surface area is 149 Å². The summed E-state index contributed by atoms with van der Waals surface area (Å²) in [4.78, 5) is 23.4. The highest BCUT2D eigenvalue weighted by Gasteiger charge is 2.21. The highest BCUT2D eigenvalue weighted by atomic mass is 16.2. The van der Waals surface area contributed by atoms with Gasteiger partial charge in [0.05, 0.1) is 12.4 Å². The first-order valence-corrected chi connectivity index (χ1v) is 9.07. The van der Waals surface area contributed by atoms with Crippen LogP contribution in [0.1, 0.15) is 55.6 Å². The van der Waals surface area contributed by atoms with Gasteiger partial charge >= 0.3 is 0 Å². The van der Waals surface area contributed by atoms with E-state index in [1.54, 1.807) is 12.4 Å². The van der Waals surface area contributed by atoms with E-state index in [0.717, 1.165) is 11.4 Å². The Morgan fingerprint density at radius 2 is 1.88 bits per heavy atom. The number of benzene rings is 1. The fourth-order valence-corrected chi connectivity index (χ4v) is 3.21. The summed E-state index contributed by atoms with van der Waals surface area (Å²) in [6.07, 6.45) is 8.16. The molecule has 3 rings (SSSR count). The Bertz CT molecular complexity index is 679. The molecule has 0 atom stereocenters. The molecule has 1 N–H and O–H groups in total. The molecule has 1 aromatic heterocycles. The molecule has 1 aromatic carbocycles. The number of rotatable bonds is 6. The summed E-state index contributed by atoms with van der Waals surface area (Å²) >= 11 is 0. The lowest BCUT2D eigenvalue weighted by Gasteiger charge is -2.26. The second-order valence-electron chi connectivity index (χ2n) is 6.92. The number of aromatic nitrogens is 2. The van der Waals surface area contributed by atoms with E-state index in [4.69, 9.17) is 0 Å². The van der Waals surface area contributed by atoms with Crippen molar-refractivity contribution in [3.63, 3.8) is 0 Å². The Hall–Kier alpha value is -2.43. The lowest BCUT2D eigenvalue weighted by atomic mass is 10.2. The van der Waals surface area contributed by atoms with Crippen LogP contribution in [0.25, 0.3) is 0 Å². The molecular weight excluding hydrogens is 312 g/mol. The van der Waals surface area contributed by atoms with Crippen LogP contribution in [0.5, 0.6) is 0 Å². The van der Waals surface area contributed by atoms with Gasteiger partial charge in [-0.15, -0.1) is 0 Å². The van der Waals surface area contributed by atoms with E-state index in [0.29, 0.717) is 18.3 Å². The third kappa shape index (κ3) is 4.56. The summed E-state index contributed by atoms with van der Waals surface area (Å²) in [5, 5.41) is 3.40. The zero-order valence-corrected chi connectivity index (χ0v) is 15.0. The highest BCUT2D eigenvalue weighted by Crippen LogP contribution is 2.21. The van der Waals surface area contributed by atoms with Crippen molar-refractivity contribution in [2.75, 3.05) is 5.32 Å². The van der Waals surface area contributed by atoms with Crippen molar-refractivity contribution in [3.8, 4) is 0 Å². The van der Waals surface area contributed by atoms with Crippen LogP contribution >= 0.6 is 0 Å². The molecule has 0 saturated heterocycles. The monoisotopic (exact) mass is 338 g/mol. The summed E-state index contributed by atoms with van der Waals surface area (Å²) in [7, 11) is 0. The van der Waals surface area contributed by atoms with Crippen LogP contribution in [0.3, 0.4) is 0 Å². The summed E-state index contributed by atoms with van der Waals surface area (Å²) in [5.74, 6) is 0.668. The fourth-order valence-electron chi connectivity index (χ4n) is 3.21. The number of carbonyl (C=O) groups excluding carboxylic acids is 1. The minimum atomic E-state index is -0.0845. The molecule has 1 fully saturated rings. The maximum absolute atomic E-state index is 12.8. The van der Waals surface area contributed by atoms with E-state index in [1.807, 2.05) is 49.1 Å². The van der Waals surface area contributed by atoms with E-state index in [2.05, 4.69) is 15.3 Å². The number of anilines is 1. The second-order valence-corrected chi connectivity index (χ2v) is 6.92. The molecule has 1 heterocycles. The standard InChI is InChI=1S/C20H26N4O/c1-15(2)24(14-16-8-4-3-5-9-16)20(25)18-12-22-19(13-21-18)23-17-10-6-7-11-17/h3-5,8-9,12-13,15,17H,6-7,10-11,14H2,1-2H3,(H,22,23). The highest BCUT2D eigenvalue weighted by molar-refractivity contribution is 5.92. The van der Waals surface area contributed by atoms with Crippen molar-refractivity contribution in [2.24, 2.45) is 0 Å². The van der Waals surface area contributed by atoms with Crippen LogP contribution in [0.4, 0.5) is 5.82 Å². The van der Waals surface area contributed by atoms with Crippen LogP contribution < -0.4 is 5.32 Å². The predicted molar refractivity (Wildman–Crippen MR) is 99.4 cm³/mol. The molecule has 5 heteroatoms. The average Bonchev–Trinajstić information content (AvgIpc) is 3.13. The molecule has 0 bridgehead atoms. The van der Waals surface area contributed by atoms with Crippen LogP contribution in [-0.2, 0) is 6.54 Å². The van der Waals surface area contributed by atoms with Gasteiger partial charge in [-0.3, -0.25) is 4.79 Å². The van der Waals surface area contributed by atoms with Gasteiger partial charge in [-0.2, -0.15) is 0 Å².